The Labute approximate surface area is 73.8 Å². The van der Waals surface area contributed by atoms with E-state index in [9.17, 15) is 12.8 Å². The molecule has 0 aliphatic heterocycles. The van der Waals surface area contributed by atoms with Crippen LogP contribution in [-0.2, 0) is 10.3 Å². The average Bonchev–Trinajstić information content (AvgIpc) is 2.01. The maximum atomic E-state index is 12.7. The van der Waals surface area contributed by atoms with Crippen molar-refractivity contribution in [3.8, 4) is 0 Å². The largest absolute Gasteiger partial charge is 0.396 e. The second-order valence-corrected chi connectivity index (χ2v) is 3.14. The molecule has 1 aromatic carbocycles. The third kappa shape index (κ3) is 3.26. The summed E-state index contributed by atoms with van der Waals surface area (Å²) < 4.78 is 43.6. The third-order valence-electron chi connectivity index (χ3n) is 1.10. The lowest BCUT2D eigenvalue weighted by molar-refractivity contribution is 0.482. The quantitative estimate of drug-likeness (QED) is 0.588. The van der Waals surface area contributed by atoms with Crippen molar-refractivity contribution >= 4 is 16.0 Å². The zero-order valence-corrected chi connectivity index (χ0v) is 7.07. The van der Waals surface area contributed by atoms with Crippen molar-refractivity contribution in [2.45, 2.75) is 0 Å². The molecule has 0 unspecified atom stereocenters. The van der Waals surface area contributed by atoms with Crippen molar-refractivity contribution in [2.75, 3.05) is 0 Å². The summed E-state index contributed by atoms with van der Waals surface area (Å²) in [5.41, 5.74) is -0.250. The van der Waals surface area contributed by atoms with Crippen molar-refractivity contribution < 1.29 is 17.4 Å². The second kappa shape index (κ2) is 3.58. The highest BCUT2D eigenvalue weighted by atomic mass is 32.2. The van der Waals surface area contributed by atoms with Crippen LogP contribution >= 0.6 is 0 Å². The first kappa shape index (κ1) is 9.75. The first-order valence-electron chi connectivity index (χ1n) is 3.14. The van der Waals surface area contributed by atoms with Gasteiger partial charge in [0.25, 0.3) is 0 Å². The average molecular weight is 204 g/mol. The molecular weight excluding hydrogens is 199 g/mol. The molecule has 0 aliphatic rings. The zero-order valence-electron chi connectivity index (χ0n) is 6.25. The summed E-state index contributed by atoms with van der Waals surface area (Å²) in [6.07, 6.45) is 0. The lowest BCUT2D eigenvalue weighted by Gasteiger charge is -1.91. The molecule has 0 bridgehead atoms. The van der Waals surface area contributed by atoms with Gasteiger partial charge in [0.2, 0.25) is 0 Å². The van der Waals surface area contributed by atoms with E-state index < -0.39 is 16.1 Å². The molecule has 5 nitrogen and oxygen atoms in total. The van der Waals surface area contributed by atoms with Crippen LogP contribution in [0.25, 0.3) is 0 Å². The predicted molar refractivity (Wildman–Crippen MR) is 42.5 cm³/mol. The van der Waals surface area contributed by atoms with Crippen LogP contribution in [0, 0.1) is 5.82 Å². The lowest BCUT2D eigenvalue weighted by Crippen LogP contribution is -1.88. The minimum Gasteiger partial charge on any atom is -0.267 e. The normalized spacial score (nSPS) is 12.2. The number of nitrogens with zero attached hydrogens (tertiary/aromatic N) is 2. The Kier molecular flexibility index (Phi) is 2.69. The van der Waals surface area contributed by atoms with Gasteiger partial charge in [0.15, 0.2) is 5.82 Å². The summed E-state index contributed by atoms with van der Waals surface area (Å²) in [6, 6.07) is 5.20. The van der Waals surface area contributed by atoms with Gasteiger partial charge in [0, 0.05) is 0 Å². The lowest BCUT2D eigenvalue weighted by atomic mass is 10.3. The zero-order chi connectivity index (χ0) is 9.90. The fraction of sp³-hybridized carbons (Fsp3) is 0. The first-order valence-corrected chi connectivity index (χ1v) is 4.54. The number of hydrogen-bond acceptors (Lipinski definition) is 3. The van der Waals surface area contributed by atoms with Gasteiger partial charge in [-0.25, -0.2) is 4.39 Å². The molecule has 0 fully saturated rings. The van der Waals surface area contributed by atoms with Crippen LogP contribution in [-0.4, -0.2) is 13.0 Å². The fourth-order valence-electron chi connectivity index (χ4n) is 0.628. The van der Waals surface area contributed by atoms with Crippen LogP contribution in [0.1, 0.15) is 0 Å². The summed E-state index contributed by atoms with van der Waals surface area (Å²) in [7, 11) is -4.55. The maximum absolute atomic E-state index is 12.7. The summed E-state index contributed by atoms with van der Waals surface area (Å²) in [4.78, 5) is 0. The summed E-state index contributed by atoms with van der Waals surface area (Å²) in [5.74, 6) is -0.713. The Hall–Kier alpha value is -1.34. The smallest absolute Gasteiger partial charge is 0.267 e. The summed E-state index contributed by atoms with van der Waals surface area (Å²) in [6.45, 7) is 0. The molecule has 0 aliphatic carbocycles. The van der Waals surface area contributed by atoms with Crippen LogP contribution in [0.3, 0.4) is 0 Å². The van der Waals surface area contributed by atoms with Gasteiger partial charge in [0.1, 0.15) is 5.69 Å². The van der Waals surface area contributed by atoms with Crippen LogP contribution in [0.2, 0.25) is 0 Å². The van der Waals surface area contributed by atoms with E-state index in [1.165, 1.54) is 18.2 Å². The molecule has 7 heteroatoms. The van der Waals surface area contributed by atoms with Crippen LogP contribution in [0.5, 0.6) is 0 Å². The van der Waals surface area contributed by atoms with E-state index in [0.717, 1.165) is 6.07 Å². The Bertz CT molecular complexity index is 429. The molecule has 1 rings (SSSR count). The molecule has 0 saturated carbocycles. The van der Waals surface area contributed by atoms with Gasteiger partial charge in [-0.3, -0.25) is 4.55 Å². The van der Waals surface area contributed by atoms with Gasteiger partial charge < -0.3 is 0 Å². The van der Waals surface area contributed by atoms with Gasteiger partial charge in [-0.1, -0.05) is 12.1 Å². The number of hydrogen-bond donors (Lipinski definition) is 1. The number of halogens is 1. The fourth-order valence-corrected chi connectivity index (χ4v) is 0.820. The highest BCUT2D eigenvalue weighted by Crippen LogP contribution is 2.16. The van der Waals surface area contributed by atoms with E-state index in [-0.39, 0.29) is 5.69 Å². The van der Waals surface area contributed by atoms with E-state index in [4.69, 9.17) is 4.55 Å². The van der Waals surface area contributed by atoms with Gasteiger partial charge in [-0.05, 0) is 16.7 Å². The van der Waals surface area contributed by atoms with E-state index in [1.54, 1.807) is 0 Å². The van der Waals surface area contributed by atoms with Gasteiger partial charge in [0.05, 0.1) is 0 Å². The molecule has 1 aromatic rings. The van der Waals surface area contributed by atoms with Crippen LogP contribution < -0.4 is 0 Å². The minimum absolute atomic E-state index is 0.250. The van der Waals surface area contributed by atoms with Crippen molar-refractivity contribution in [3.63, 3.8) is 0 Å². The topological polar surface area (TPSA) is 79.1 Å². The van der Waals surface area contributed by atoms with E-state index in [0.29, 0.717) is 0 Å². The van der Waals surface area contributed by atoms with Crippen LogP contribution in [0.4, 0.5) is 10.1 Å². The Morgan fingerprint density at radius 1 is 1.31 bits per heavy atom. The summed E-state index contributed by atoms with van der Waals surface area (Å²) in [5, 5.41) is 2.99. The molecule has 0 saturated heterocycles. The van der Waals surface area contributed by atoms with Crippen molar-refractivity contribution in [1.29, 1.82) is 0 Å². The van der Waals surface area contributed by atoms with Gasteiger partial charge in [-0.15, -0.1) is 5.11 Å². The van der Waals surface area contributed by atoms with Gasteiger partial charge in [-0.2, -0.15) is 8.42 Å². The molecule has 0 atom stereocenters. The molecule has 13 heavy (non-hydrogen) atoms. The second-order valence-electron chi connectivity index (χ2n) is 2.08. The predicted octanol–water partition coefficient (Wildman–Crippen LogP) is 1.71. The summed E-state index contributed by atoms with van der Waals surface area (Å²) >= 11 is 0. The number of benzene rings is 1. The highest BCUT2D eigenvalue weighted by Gasteiger charge is 2.01. The minimum atomic E-state index is -4.55. The SMILES string of the molecule is O=S(=O)(O)N=Nc1ccccc1F. The monoisotopic (exact) mass is 204 g/mol. The first-order chi connectivity index (χ1) is 5.99. The van der Waals surface area contributed by atoms with E-state index in [1.807, 2.05) is 0 Å². The van der Waals surface area contributed by atoms with Crippen molar-refractivity contribution in [2.24, 2.45) is 9.63 Å². The molecule has 0 spiro atoms. The number of rotatable bonds is 2. The third-order valence-corrected chi connectivity index (χ3v) is 1.39. The Morgan fingerprint density at radius 2 is 1.92 bits per heavy atom. The van der Waals surface area contributed by atoms with Crippen molar-refractivity contribution in [1.82, 2.24) is 0 Å². The maximum Gasteiger partial charge on any atom is 0.396 e. The Balaban J connectivity index is 3.00. The van der Waals surface area contributed by atoms with Gasteiger partial charge >= 0.3 is 10.3 Å². The van der Waals surface area contributed by atoms with Crippen LogP contribution in [0.15, 0.2) is 33.9 Å². The van der Waals surface area contributed by atoms with E-state index in [2.05, 4.69) is 9.63 Å². The molecule has 0 radical (unpaired) electrons. The molecule has 0 aromatic heterocycles. The molecule has 0 heterocycles. The molecular formula is C6H5FN2O3S. The molecule has 0 amide bonds. The standard InChI is InChI=1S/C6H5FN2O3S/c7-5-3-1-2-4-6(5)8-9-13(10,11)12/h1-4H,(H,10,11,12). The van der Waals surface area contributed by atoms with Crippen molar-refractivity contribution in [3.05, 3.63) is 30.1 Å². The van der Waals surface area contributed by atoms with E-state index >= 15 is 0 Å². The molecule has 1 N–H and O–H groups in total. The molecule has 70 valence electrons. The highest BCUT2D eigenvalue weighted by molar-refractivity contribution is 7.84. The Morgan fingerprint density at radius 3 is 2.46 bits per heavy atom.